The molecule has 1 unspecified atom stereocenters. The summed E-state index contributed by atoms with van der Waals surface area (Å²) in [7, 11) is 0. The number of rotatable bonds is 8. The number of hydrogen-bond acceptors (Lipinski definition) is 6. The molecule has 0 aromatic carbocycles. The van der Waals surface area contributed by atoms with Crippen molar-refractivity contribution < 1.29 is 14.3 Å². The van der Waals surface area contributed by atoms with Gasteiger partial charge in [-0.25, -0.2) is 4.98 Å². The van der Waals surface area contributed by atoms with Crippen molar-refractivity contribution >= 4 is 17.5 Å². The first-order valence-corrected chi connectivity index (χ1v) is 11.6. The minimum absolute atomic E-state index is 0.0574. The van der Waals surface area contributed by atoms with E-state index in [9.17, 15) is 4.79 Å². The van der Waals surface area contributed by atoms with E-state index in [2.05, 4.69) is 38.4 Å². The van der Waals surface area contributed by atoms with Gasteiger partial charge in [-0.3, -0.25) is 9.78 Å². The summed E-state index contributed by atoms with van der Waals surface area (Å²) < 4.78 is 12.1. The smallest absolute Gasteiger partial charge is 0.229 e. The summed E-state index contributed by atoms with van der Waals surface area (Å²) in [6.07, 6.45) is 20.0. The number of allylic oxidation sites excluding steroid dienone is 6. The summed E-state index contributed by atoms with van der Waals surface area (Å²) in [5, 5.41) is 2.89. The van der Waals surface area contributed by atoms with Gasteiger partial charge in [0, 0.05) is 13.0 Å². The fraction of sp³-hybridized carbons (Fsp3) is 0.480. The number of carbonyl (C=O) groups is 1. The number of amides is 1. The summed E-state index contributed by atoms with van der Waals surface area (Å²) in [4.78, 5) is 23.5. The fourth-order valence-electron chi connectivity index (χ4n) is 4.21. The van der Waals surface area contributed by atoms with Crippen LogP contribution >= 0.6 is 0 Å². The van der Waals surface area contributed by atoms with Gasteiger partial charge < -0.3 is 19.7 Å². The molecule has 1 aromatic heterocycles. The number of hydrogen-bond donors (Lipinski definition) is 1. The molecule has 0 spiro atoms. The van der Waals surface area contributed by atoms with Crippen LogP contribution in [0.1, 0.15) is 51.9 Å². The predicted octanol–water partition coefficient (Wildman–Crippen LogP) is 4.67. The fourth-order valence-corrected chi connectivity index (χ4v) is 4.21. The Morgan fingerprint density at radius 1 is 1.22 bits per heavy atom. The molecule has 0 radical (unpaired) electrons. The lowest BCUT2D eigenvalue weighted by molar-refractivity contribution is -0.115. The SMILES string of the molecule is CCOC1=C(OC2CCCN(c3cncc(NC(=O)CC4=CCCC=C4)n3)C2)C=CCC1. The van der Waals surface area contributed by atoms with Gasteiger partial charge in [0.15, 0.2) is 11.6 Å². The normalized spacial score (nSPS) is 20.7. The number of anilines is 2. The highest BCUT2D eigenvalue weighted by molar-refractivity contribution is 5.91. The Kier molecular flexibility index (Phi) is 7.59. The van der Waals surface area contributed by atoms with Crippen molar-refractivity contribution in [2.75, 3.05) is 29.9 Å². The van der Waals surface area contributed by atoms with Crippen LogP contribution in [0.25, 0.3) is 0 Å². The molecule has 170 valence electrons. The molecule has 1 N–H and O–H groups in total. The number of aromatic nitrogens is 2. The number of ether oxygens (including phenoxy) is 2. The molecule has 0 bridgehead atoms. The second kappa shape index (κ2) is 11.0. The maximum atomic E-state index is 12.4. The molecular weight excluding hydrogens is 404 g/mol. The highest BCUT2D eigenvalue weighted by Gasteiger charge is 2.25. The third-order valence-corrected chi connectivity index (χ3v) is 5.72. The van der Waals surface area contributed by atoms with Crippen LogP contribution in [-0.4, -0.2) is 41.7 Å². The van der Waals surface area contributed by atoms with E-state index < -0.39 is 0 Å². The molecule has 4 rings (SSSR count). The molecule has 2 aliphatic carbocycles. The van der Waals surface area contributed by atoms with Crippen LogP contribution in [0.4, 0.5) is 11.6 Å². The topological polar surface area (TPSA) is 76.6 Å². The number of nitrogens with zero attached hydrogens (tertiary/aromatic N) is 3. The molecule has 32 heavy (non-hydrogen) atoms. The molecular formula is C25H32N4O3. The maximum Gasteiger partial charge on any atom is 0.229 e. The Morgan fingerprint density at radius 2 is 2.12 bits per heavy atom. The number of carbonyl (C=O) groups excluding carboxylic acids is 1. The Hall–Kier alpha value is -3.09. The van der Waals surface area contributed by atoms with Gasteiger partial charge in [0.2, 0.25) is 5.91 Å². The van der Waals surface area contributed by atoms with Crippen LogP contribution in [0.15, 0.2) is 59.9 Å². The van der Waals surface area contributed by atoms with Crippen LogP contribution in [0.3, 0.4) is 0 Å². The standard InChI is InChI=1S/C25H32N4O3/c1-2-31-21-12-6-7-13-22(21)32-20-11-8-14-29(18-20)24-17-26-16-23(27-24)28-25(30)15-19-9-4-3-5-10-19/h4,7,9-10,13,16-17,20H,2-3,5-6,8,11-12,14-15,18H2,1H3,(H,27,28,30). The number of nitrogens with one attached hydrogen (secondary N) is 1. The molecule has 1 aliphatic heterocycles. The summed E-state index contributed by atoms with van der Waals surface area (Å²) in [5.41, 5.74) is 1.05. The van der Waals surface area contributed by atoms with E-state index >= 15 is 0 Å². The van der Waals surface area contributed by atoms with Gasteiger partial charge in [-0.1, -0.05) is 24.3 Å². The van der Waals surface area contributed by atoms with E-state index in [0.717, 1.165) is 74.5 Å². The van der Waals surface area contributed by atoms with Crippen molar-refractivity contribution in [3.63, 3.8) is 0 Å². The molecule has 2 heterocycles. The minimum atomic E-state index is -0.0754. The molecule has 1 atom stereocenters. The van der Waals surface area contributed by atoms with E-state index in [1.165, 1.54) is 0 Å². The third kappa shape index (κ3) is 5.99. The van der Waals surface area contributed by atoms with Crippen LogP contribution < -0.4 is 10.2 Å². The molecule has 7 heteroatoms. The summed E-state index contributed by atoms with van der Waals surface area (Å²) >= 11 is 0. The van der Waals surface area contributed by atoms with Crippen LogP contribution in [0, 0.1) is 0 Å². The second-order valence-corrected chi connectivity index (χ2v) is 8.24. The van der Waals surface area contributed by atoms with E-state index in [4.69, 9.17) is 9.47 Å². The van der Waals surface area contributed by atoms with Crippen molar-refractivity contribution in [3.05, 3.63) is 59.9 Å². The lowest BCUT2D eigenvalue weighted by Crippen LogP contribution is -2.40. The number of piperidine rings is 1. The first-order valence-electron chi connectivity index (χ1n) is 11.6. The zero-order chi connectivity index (χ0) is 22.2. The molecule has 3 aliphatic rings. The van der Waals surface area contributed by atoms with Gasteiger partial charge >= 0.3 is 0 Å². The zero-order valence-electron chi connectivity index (χ0n) is 18.8. The van der Waals surface area contributed by atoms with Crippen molar-refractivity contribution in [1.82, 2.24) is 9.97 Å². The van der Waals surface area contributed by atoms with Gasteiger partial charge in [0.25, 0.3) is 0 Å². The van der Waals surface area contributed by atoms with Crippen molar-refractivity contribution in [2.24, 2.45) is 0 Å². The average Bonchev–Trinajstić information content (AvgIpc) is 2.81. The predicted molar refractivity (Wildman–Crippen MR) is 125 cm³/mol. The Morgan fingerprint density at radius 3 is 2.97 bits per heavy atom. The van der Waals surface area contributed by atoms with Gasteiger partial charge in [-0.05, 0) is 50.7 Å². The average molecular weight is 437 g/mol. The van der Waals surface area contributed by atoms with Gasteiger partial charge in [-0.15, -0.1) is 0 Å². The zero-order valence-corrected chi connectivity index (χ0v) is 18.8. The molecule has 7 nitrogen and oxygen atoms in total. The van der Waals surface area contributed by atoms with E-state index in [1.807, 2.05) is 19.1 Å². The van der Waals surface area contributed by atoms with E-state index in [0.29, 0.717) is 18.8 Å². The Labute approximate surface area is 189 Å². The summed E-state index contributed by atoms with van der Waals surface area (Å²) in [6, 6.07) is 0. The van der Waals surface area contributed by atoms with Crippen LogP contribution in [0.2, 0.25) is 0 Å². The van der Waals surface area contributed by atoms with Gasteiger partial charge in [0.1, 0.15) is 17.7 Å². The second-order valence-electron chi connectivity index (χ2n) is 8.24. The van der Waals surface area contributed by atoms with Crippen molar-refractivity contribution in [1.29, 1.82) is 0 Å². The van der Waals surface area contributed by atoms with Crippen LogP contribution in [0.5, 0.6) is 0 Å². The monoisotopic (exact) mass is 436 g/mol. The van der Waals surface area contributed by atoms with E-state index in [-0.39, 0.29) is 12.0 Å². The van der Waals surface area contributed by atoms with Crippen molar-refractivity contribution in [2.45, 2.75) is 58.0 Å². The third-order valence-electron chi connectivity index (χ3n) is 5.72. The van der Waals surface area contributed by atoms with Crippen LogP contribution in [-0.2, 0) is 14.3 Å². The molecule has 1 aromatic rings. The maximum absolute atomic E-state index is 12.4. The highest BCUT2D eigenvalue weighted by atomic mass is 16.5. The lowest BCUT2D eigenvalue weighted by Gasteiger charge is -2.34. The van der Waals surface area contributed by atoms with Gasteiger partial charge in [-0.2, -0.15) is 0 Å². The Balaban J connectivity index is 1.37. The lowest BCUT2D eigenvalue weighted by atomic mass is 10.0. The largest absolute Gasteiger partial charge is 0.494 e. The minimum Gasteiger partial charge on any atom is -0.494 e. The van der Waals surface area contributed by atoms with Crippen molar-refractivity contribution in [3.8, 4) is 0 Å². The Bertz CT molecular complexity index is 935. The van der Waals surface area contributed by atoms with Gasteiger partial charge in [0.05, 0.1) is 32.0 Å². The summed E-state index contributed by atoms with van der Waals surface area (Å²) in [5.74, 6) is 2.95. The summed E-state index contributed by atoms with van der Waals surface area (Å²) in [6.45, 7) is 4.25. The molecule has 1 amide bonds. The molecule has 0 saturated carbocycles. The molecule has 1 saturated heterocycles. The van der Waals surface area contributed by atoms with E-state index in [1.54, 1.807) is 12.4 Å². The quantitative estimate of drug-likeness (QED) is 0.638. The highest BCUT2D eigenvalue weighted by Crippen LogP contribution is 2.26. The first kappa shape index (κ1) is 22.1. The molecule has 1 fully saturated rings. The first-order chi connectivity index (χ1) is 15.7.